The maximum absolute atomic E-state index is 11.2. The second kappa shape index (κ2) is 5.65. The summed E-state index contributed by atoms with van der Waals surface area (Å²) in [5.74, 6) is 0.384. The number of hydrogen-bond donors (Lipinski definition) is 1. The molecule has 0 radical (unpaired) electrons. The molecule has 1 aromatic carbocycles. The van der Waals surface area contributed by atoms with Crippen LogP contribution in [0.2, 0.25) is 0 Å². The summed E-state index contributed by atoms with van der Waals surface area (Å²) < 4.78 is 1.86. The van der Waals surface area contributed by atoms with E-state index in [2.05, 4.69) is 26.8 Å². The summed E-state index contributed by atoms with van der Waals surface area (Å²) in [6.45, 7) is 8.32. The molecule has 0 aliphatic heterocycles. The molecule has 0 unspecified atom stereocenters. The van der Waals surface area contributed by atoms with Gasteiger partial charge in [-0.3, -0.25) is 4.79 Å². The lowest BCUT2D eigenvalue weighted by atomic mass is 10.0. The molecule has 0 aliphatic rings. The first kappa shape index (κ1) is 14.6. The topological polar surface area (TPSA) is 55.1 Å². The van der Waals surface area contributed by atoms with Crippen molar-refractivity contribution in [3.8, 4) is 0 Å². The van der Waals surface area contributed by atoms with Crippen LogP contribution in [0.4, 0.5) is 0 Å². The van der Waals surface area contributed by atoms with Crippen molar-refractivity contribution >= 4 is 17.0 Å². The summed E-state index contributed by atoms with van der Waals surface area (Å²) >= 11 is 0. The van der Waals surface area contributed by atoms with Gasteiger partial charge in [0, 0.05) is 5.92 Å². The number of carboxylic acid groups (broad SMARTS) is 1. The summed E-state index contributed by atoms with van der Waals surface area (Å²) in [5.41, 5.74) is 4.18. The van der Waals surface area contributed by atoms with Crippen molar-refractivity contribution in [3.05, 3.63) is 29.1 Å². The molecule has 0 saturated heterocycles. The molecule has 0 spiro atoms. The number of hydrogen-bond acceptors (Lipinski definition) is 2. The maximum atomic E-state index is 11.2. The number of aromatic nitrogens is 2. The summed E-state index contributed by atoms with van der Waals surface area (Å²) in [6.07, 6.45) is 1.94. The molecular formula is C16H22N2O2. The highest BCUT2D eigenvalue weighted by Crippen LogP contribution is 2.28. The molecule has 2 aromatic rings. The summed E-state index contributed by atoms with van der Waals surface area (Å²) in [7, 11) is 0. The predicted molar refractivity (Wildman–Crippen MR) is 80.2 cm³/mol. The smallest absolute Gasteiger partial charge is 0.323 e. The normalized spacial score (nSPS) is 11.4. The Morgan fingerprint density at radius 2 is 1.85 bits per heavy atom. The SMILES string of the molecule is CCC(CC)c1nc2cc(C)c(C)cc2n1CC(=O)O. The van der Waals surface area contributed by atoms with E-state index in [1.54, 1.807) is 0 Å². The van der Waals surface area contributed by atoms with Gasteiger partial charge in [0.25, 0.3) is 0 Å². The van der Waals surface area contributed by atoms with Crippen molar-refractivity contribution in [1.82, 2.24) is 9.55 Å². The van der Waals surface area contributed by atoms with E-state index in [9.17, 15) is 9.90 Å². The van der Waals surface area contributed by atoms with Crippen LogP contribution >= 0.6 is 0 Å². The van der Waals surface area contributed by atoms with Gasteiger partial charge in [-0.25, -0.2) is 4.98 Å². The van der Waals surface area contributed by atoms with E-state index in [1.165, 1.54) is 11.1 Å². The minimum atomic E-state index is -0.824. The molecule has 0 bridgehead atoms. The highest BCUT2D eigenvalue weighted by molar-refractivity contribution is 5.80. The molecule has 4 heteroatoms. The van der Waals surface area contributed by atoms with Gasteiger partial charge in [0.15, 0.2) is 0 Å². The standard InChI is InChI=1S/C16H22N2O2/c1-5-12(6-2)16-17-13-7-10(3)11(4)8-14(13)18(16)9-15(19)20/h7-8,12H,5-6,9H2,1-4H3,(H,19,20). The third kappa shape index (κ3) is 2.55. The van der Waals surface area contributed by atoms with Gasteiger partial charge in [-0.1, -0.05) is 13.8 Å². The number of aryl methyl sites for hydroxylation is 2. The van der Waals surface area contributed by atoms with E-state index in [1.807, 2.05) is 17.6 Å². The Morgan fingerprint density at radius 3 is 2.40 bits per heavy atom. The van der Waals surface area contributed by atoms with Gasteiger partial charge in [-0.05, 0) is 49.9 Å². The van der Waals surface area contributed by atoms with Gasteiger partial charge in [-0.2, -0.15) is 0 Å². The molecule has 4 nitrogen and oxygen atoms in total. The number of carbonyl (C=O) groups is 1. The lowest BCUT2D eigenvalue weighted by Gasteiger charge is -2.14. The molecule has 0 atom stereocenters. The van der Waals surface area contributed by atoms with Crippen LogP contribution in [0.1, 0.15) is 49.6 Å². The number of benzene rings is 1. The monoisotopic (exact) mass is 274 g/mol. The van der Waals surface area contributed by atoms with Crippen LogP contribution in [0.3, 0.4) is 0 Å². The Hall–Kier alpha value is -1.84. The number of rotatable bonds is 5. The molecule has 1 aromatic heterocycles. The van der Waals surface area contributed by atoms with Gasteiger partial charge >= 0.3 is 5.97 Å². The number of aliphatic carboxylic acids is 1. The Kier molecular flexibility index (Phi) is 4.12. The first-order valence-electron chi connectivity index (χ1n) is 7.17. The summed E-state index contributed by atoms with van der Waals surface area (Å²) in [4.78, 5) is 15.9. The van der Waals surface area contributed by atoms with E-state index in [0.29, 0.717) is 5.92 Å². The first-order chi connectivity index (χ1) is 9.47. The molecule has 0 fully saturated rings. The van der Waals surface area contributed by atoms with Crippen LogP contribution in [-0.4, -0.2) is 20.6 Å². The van der Waals surface area contributed by atoms with Crippen LogP contribution in [-0.2, 0) is 11.3 Å². The molecule has 20 heavy (non-hydrogen) atoms. The largest absolute Gasteiger partial charge is 0.480 e. The van der Waals surface area contributed by atoms with Gasteiger partial charge < -0.3 is 9.67 Å². The van der Waals surface area contributed by atoms with Crippen molar-refractivity contribution in [2.45, 2.75) is 53.0 Å². The number of imidazole rings is 1. The van der Waals surface area contributed by atoms with Crippen LogP contribution in [0, 0.1) is 13.8 Å². The summed E-state index contributed by atoms with van der Waals surface area (Å²) in [6, 6.07) is 4.10. The fraction of sp³-hybridized carbons (Fsp3) is 0.500. The average Bonchev–Trinajstić information content (AvgIpc) is 2.70. The predicted octanol–water partition coefficient (Wildman–Crippen LogP) is 3.64. The molecule has 1 heterocycles. The van der Waals surface area contributed by atoms with Crippen molar-refractivity contribution in [2.24, 2.45) is 0 Å². The van der Waals surface area contributed by atoms with Gasteiger partial charge in [0.05, 0.1) is 11.0 Å². The second-order valence-corrected chi connectivity index (χ2v) is 5.39. The maximum Gasteiger partial charge on any atom is 0.323 e. The van der Waals surface area contributed by atoms with E-state index >= 15 is 0 Å². The molecule has 0 saturated carbocycles. The molecule has 0 amide bonds. The van der Waals surface area contributed by atoms with Crippen molar-refractivity contribution in [3.63, 3.8) is 0 Å². The third-order valence-electron chi connectivity index (χ3n) is 4.04. The molecule has 108 valence electrons. The Morgan fingerprint density at radius 1 is 1.25 bits per heavy atom. The van der Waals surface area contributed by atoms with E-state index in [0.717, 1.165) is 29.7 Å². The molecule has 0 aliphatic carbocycles. The average molecular weight is 274 g/mol. The van der Waals surface area contributed by atoms with Crippen LogP contribution < -0.4 is 0 Å². The number of nitrogens with zero attached hydrogens (tertiary/aromatic N) is 2. The van der Waals surface area contributed by atoms with Crippen molar-refractivity contribution < 1.29 is 9.90 Å². The number of carboxylic acids is 1. The minimum Gasteiger partial charge on any atom is -0.480 e. The van der Waals surface area contributed by atoms with E-state index in [4.69, 9.17) is 4.98 Å². The Bertz CT molecular complexity index is 639. The highest BCUT2D eigenvalue weighted by atomic mass is 16.4. The molecule has 1 N–H and O–H groups in total. The minimum absolute atomic E-state index is 0.0230. The lowest BCUT2D eigenvalue weighted by Crippen LogP contribution is -2.14. The zero-order valence-electron chi connectivity index (χ0n) is 12.6. The molecule has 2 rings (SSSR count). The van der Waals surface area contributed by atoms with Crippen LogP contribution in [0.15, 0.2) is 12.1 Å². The Balaban J connectivity index is 2.69. The zero-order chi connectivity index (χ0) is 14.9. The quantitative estimate of drug-likeness (QED) is 0.905. The van der Waals surface area contributed by atoms with Gasteiger partial charge in [-0.15, -0.1) is 0 Å². The fourth-order valence-electron chi connectivity index (χ4n) is 2.67. The van der Waals surface area contributed by atoms with Gasteiger partial charge in [0.2, 0.25) is 0 Å². The van der Waals surface area contributed by atoms with Gasteiger partial charge in [0.1, 0.15) is 12.4 Å². The third-order valence-corrected chi connectivity index (χ3v) is 4.04. The van der Waals surface area contributed by atoms with Crippen molar-refractivity contribution in [1.29, 1.82) is 0 Å². The van der Waals surface area contributed by atoms with Crippen molar-refractivity contribution in [2.75, 3.05) is 0 Å². The fourth-order valence-corrected chi connectivity index (χ4v) is 2.67. The number of fused-ring (bicyclic) bond motifs is 1. The summed E-state index contributed by atoms with van der Waals surface area (Å²) in [5, 5.41) is 9.17. The highest BCUT2D eigenvalue weighted by Gasteiger charge is 2.19. The van der Waals surface area contributed by atoms with Crippen LogP contribution in [0.25, 0.3) is 11.0 Å². The molecular weight excluding hydrogens is 252 g/mol. The second-order valence-electron chi connectivity index (χ2n) is 5.39. The first-order valence-corrected chi connectivity index (χ1v) is 7.17. The lowest BCUT2D eigenvalue weighted by molar-refractivity contribution is -0.137. The zero-order valence-corrected chi connectivity index (χ0v) is 12.6. The van der Waals surface area contributed by atoms with Crippen LogP contribution in [0.5, 0.6) is 0 Å². The van der Waals surface area contributed by atoms with E-state index < -0.39 is 5.97 Å². The Labute approximate surface area is 119 Å². The van der Waals surface area contributed by atoms with E-state index in [-0.39, 0.29) is 6.54 Å².